The van der Waals surface area contributed by atoms with Gasteiger partial charge in [-0.1, -0.05) is 48.5 Å². The maximum atomic E-state index is 12.2. The Kier molecular flexibility index (Phi) is 4.52. The summed E-state index contributed by atoms with van der Waals surface area (Å²) in [4.78, 5) is 16.8. The van der Waals surface area contributed by atoms with Crippen LogP contribution in [0.1, 0.15) is 5.56 Å². The van der Waals surface area contributed by atoms with Crippen molar-refractivity contribution in [1.29, 1.82) is 0 Å². The Morgan fingerprint density at radius 3 is 2.52 bits per heavy atom. The molecule has 0 aliphatic heterocycles. The molecule has 3 aromatic rings. The van der Waals surface area contributed by atoms with Crippen LogP contribution in [0.3, 0.4) is 0 Å². The summed E-state index contributed by atoms with van der Waals surface area (Å²) in [5, 5.41) is 7.04. The largest absolute Gasteiger partial charge is 0.358 e. The van der Waals surface area contributed by atoms with Gasteiger partial charge in [0, 0.05) is 18.9 Å². The molecule has 4 nitrogen and oxygen atoms in total. The first-order valence-corrected chi connectivity index (χ1v) is 7.64. The smallest absolute Gasteiger partial charge is 0.242 e. The van der Waals surface area contributed by atoms with Crippen molar-refractivity contribution >= 4 is 22.6 Å². The van der Waals surface area contributed by atoms with E-state index < -0.39 is 0 Å². The Labute approximate surface area is 135 Å². The molecule has 2 N–H and O–H groups in total. The van der Waals surface area contributed by atoms with Gasteiger partial charge in [-0.25, -0.2) is 4.98 Å². The molecule has 1 atom stereocenters. The molecule has 4 heteroatoms. The number of hydrogen-bond acceptors (Lipinski definition) is 3. The molecule has 1 heterocycles. The van der Waals surface area contributed by atoms with Gasteiger partial charge in [-0.15, -0.1) is 0 Å². The summed E-state index contributed by atoms with van der Waals surface area (Å²) in [6, 6.07) is 21.4. The number of pyridine rings is 1. The zero-order chi connectivity index (χ0) is 16.1. The molecule has 1 amide bonds. The lowest BCUT2D eigenvalue weighted by Gasteiger charge is -2.18. The van der Waals surface area contributed by atoms with Crippen LogP contribution in [0.2, 0.25) is 0 Å². The third-order valence-electron chi connectivity index (χ3n) is 3.77. The van der Waals surface area contributed by atoms with E-state index in [1.807, 2.05) is 66.7 Å². The summed E-state index contributed by atoms with van der Waals surface area (Å²) >= 11 is 0. The van der Waals surface area contributed by atoms with Crippen molar-refractivity contribution < 1.29 is 4.79 Å². The van der Waals surface area contributed by atoms with E-state index in [4.69, 9.17) is 0 Å². The van der Waals surface area contributed by atoms with Crippen LogP contribution in [-0.4, -0.2) is 24.0 Å². The predicted molar refractivity (Wildman–Crippen MR) is 93.4 cm³/mol. The molecule has 2 aromatic carbocycles. The maximum Gasteiger partial charge on any atom is 0.242 e. The molecular formula is C19H19N3O. The van der Waals surface area contributed by atoms with Crippen LogP contribution in [0.25, 0.3) is 10.9 Å². The van der Waals surface area contributed by atoms with Crippen molar-refractivity contribution in [2.75, 3.05) is 12.4 Å². The van der Waals surface area contributed by atoms with Gasteiger partial charge in [0.05, 0.1) is 5.52 Å². The molecule has 0 aliphatic rings. The van der Waals surface area contributed by atoms with E-state index in [1.54, 1.807) is 7.05 Å². The van der Waals surface area contributed by atoms with Gasteiger partial charge in [0.25, 0.3) is 0 Å². The van der Waals surface area contributed by atoms with Gasteiger partial charge < -0.3 is 10.6 Å². The molecule has 0 radical (unpaired) electrons. The fourth-order valence-corrected chi connectivity index (χ4v) is 2.56. The van der Waals surface area contributed by atoms with Gasteiger partial charge in [0.1, 0.15) is 11.9 Å². The normalized spacial score (nSPS) is 11.9. The Bertz CT molecular complexity index is 802. The average Bonchev–Trinajstić information content (AvgIpc) is 2.61. The molecule has 1 unspecified atom stereocenters. The third kappa shape index (κ3) is 3.66. The first kappa shape index (κ1) is 15.0. The van der Waals surface area contributed by atoms with Gasteiger partial charge in [-0.05, 0) is 23.8 Å². The second kappa shape index (κ2) is 6.92. The number of rotatable bonds is 5. The molecule has 0 saturated heterocycles. The van der Waals surface area contributed by atoms with E-state index in [-0.39, 0.29) is 11.9 Å². The number of nitrogens with zero attached hydrogens (tertiary/aromatic N) is 1. The Morgan fingerprint density at radius 2 is 1.74 bits per heavy atom. The van der Waals surface area contributed by atoms with Crippen molar-refractivity contribution in [2.24, 2.45) is 0 Å². The quantitative estimate of drug-likeness (QED) is 0.762. The monoisotopic (exact) mass is 305 g/mol. The maximum absolute atomic E-state index is 12.2. The lowest BCUT2D eigenvalue weighted by atomic mass is 10.1. The number of likely N-dealkylation sites (N-methyl/N-ethyl adjacent to an activating group) is 1. The number of hydrogen-bond donors (Lipinski definition) is 2. The molecule has 0 saturated carbocycles. The number of aromatic nitrogens is 1. The first-order valence-electron chi connectivity index (χ1n) is 7.64. The van der Waals surface area contributed by atoms with Crippen LogP contribution in [0.5, 0.6) is 0 Å². The first-order chi connectivity index (χ1) is 11.3. The van der Waals surface area contributed by atoms with Crippen LogP contribution in [0, 0.1) is 0 Å². The molecule has 1 aromatic heterocycles. The highest BCUT2D eigenvalue weighted by molar-refractivity contribution is 5.85. The number of carbonyl (C=O) groups is 1. The second-order valence-electron chi connectivity index (χ2n) is 5.39. The van der Waals surface area contributed by atoms with E-state index in [1.165, 1.54) is 0 Å². The molecule has 116 valence electrons. The minimum atomic E-state index is -0.365. The highest BCUT2D eigenvalue weighted by Crippen LogP contribution is 2.16. The number of carbonyl (C=O) groups excluding carboxylic acids is 1. The van der Waals surface area contributed by atoms with Crippen molar-refractivity contribution in [3.8, 4) is 0 Å². The van der Waals surface area contributed by atoms with Crippen LogP contribution < -0.4 is 10.6 Å². The summed E-state index contributed by atoms with van der Waals surface area (Å²) in [6.07, 6.45) is 0.606. The Hall–Kier alpha value is -2.88. The molecule has 0 aliphatic carbocycles. The summed E-state index contributed by atoms with van der Waals surface area (Å²) < 4.78 is 0. The average molecular weight is 305 g/mol. The van der Waals surface area contributed by atoms with E-state index in [0.29, 0.717) is 12.2 Å². The van der Waals surface area contributed by atoms with Crippen molar-refractivity contribution in [3.63, 3.8) is 0 Å². The SMILES string of the molecule is CNC(=O)C(Cc1ccccc1)Nc1ccc2ccccc2n1. The minimum absolute atomic E-state index is 0.0520. The minimum Gasteiger partial charge on any atom is -0.358 e. The number of nitrogens with one attached hydrogen (secondary N) is 2. The van der Waals surface area contributed by atoms with E-state index in [2.05, 4.69) is 15.6 Å². The zero-order valence-corrected chi connectivity index (χ0v) is 13.0. The Morgan fingerprint density at radius 1 is 1.00 bits per heavy atom. The Balaban J connectivity index is 1.83. The standard InChI is InChI=1S/C19H19N3O/c1-20-19(23)17(13-14-7-3-2-4-8-14)22-18-12-11-15-9-5-6-10-16(15)21-18/h2-12,17H,13H2,1H3,(H,20,23)(H,21,22). The number of amides is 1. The van der Waals surface area contributed by atoms with Crippen LogP contribution in [0.4, 0.5) is 5.82 Å². The van der Waals surface area contributed by atoms with Crippen LogP contribution in [0.15, 0.2) is 66.7 Å². The van der Waals surface area contributed by atoms with Gasteiger partial charge >= 0.3 is 0 Å². The van der Waals surface area contributed by atoms with E-state index in [0.717, 1.165) is 16.5 Å². The van der Waals surface area contributed by atoms with Gasteiger partial charge in [0.15, 0.2) is 0 Å². The highest BCUT2D eigenvalue weighted by atomic mass is 16.2. The topological polar surface area (TPSA) is 54.0 Å². The molecule has 0 spiro atoms. The number of benzene rings is 2. The van der Waals surface area contributed by atoms with Crippen LogP contribution in [-0.2, 0) is 11.2 Å². The molecule has 23 heavy (non-hydrogen) atoms. The fraction of sp³-hybridized carbons (Fsp3) is 0.158. The number of anilines is 1. The van der Waals surface area contributed by atoms with Gasteiger partial charge in [0.2, 0.25) is 5.91 Å². The summed E-state index contributed by atoms with van der Waals surface area (Å²) in [5.41, 5.74) is 2.02. The zero-order valence-electron chi connectivity index (χ0n) is 13.0. The fourth-order valence-electron chi connectivity index (χ4n) is 2.56. The van der Waals surface area contributed by atoms with Gasteiger partial charge in [-0.2, -0.15) is 0 Å². The number of fused-ring (bicyclic) bond motifs is 1. The van der Waals surface area contributed by atoms with E-state index >= 15 is 0 Å². The number of para-hydroxylation sites is 1. The molecular weight excluding hydrogens is 286 g/mol. The highest BCUT2D eigenvalue weighted by Gasteiger charge is 2.18. The predicted octanol–water partition coefficient (Wildman–Crippen LogP) is 3.00. The third-order valence-corrected chi connectivity index (χ3v) is 3.77. The molecule has 0 fully saturated rings. The summed E-state index contributed by atoms with van der Waals surface area (Å²) in [5.74, 6) is 0.650. The van der Waals surface area contributed by atoms with Crippen molar-refractivity contribution in [2.45, 2.75) is 12.5 Å². The summed E-state index contributed by atoms with van der Waals surface area (Å²) in [6.45, 7) is 0. The molecule has 0 bridgehead atoms. The second-order valence-corrected chi connectivity index (χ2v) is 5.39. The van der Waals surface area contributed by atoms with E-state index in [9.17, 15) is 4.79 Å². The van der Waals surface area contributed by atoms with Crippen molar-refractivity contribution in [3.05, 3.63) is 72.3 Å². The lowest BCUT2D eigenvalue weighted by molar-refractivity contribution is -0.121. The summed E-state index contributed by atoms with van der Waals surface area (Å²) in [7, 11) is 1.65. The lowest BCUT2D eigenvalue weighted by Crippen LogP contribution is -2.39. The van der Waals surface area contributed by atoms with Crippen molar-refractivity contribution in [1.82, 2.24) is 10.3 Å². The van der Waals surface area contributed by atoms with Crippen LogP contribution >= 0.6 is 0 Å². The molecule has 3 rings (SSSR count). The van der Waals surface area contributed by atoms with Gasteiger partial charge in [-0.3, -0.25) is 4.79 Å².